The first-order chi connectivity index (χ1) is 18.7. The van der Waals surface area contributed by atoms with Crippen LogP contribution < -0.4 is 15.5 Å². The van der Waals surface area contributed by atoms with Gasteiger partial charge in [0.25, 0.3) is 5.92 Å². The normalized spacial score (nSPS) is 13.9. The van der Waals surface area contributed by atoms with Gasteiger partial charge in [-0.1, -0.05) is 12.1 Å². The highest BCUT2D eigenvalue weighted by atomic mass is 19.3. The zero-order chi connectivity index (χ0) is 27.6. The molecule has 1 aliphatic heterocycles. The van der Waals surface area contributed by atoms with Gasteiger partial charge in [0, 0.05) is 69.2 Å². The van der Waals surface area contributed by atoms with E-state index in [1.54, 1.807) is 31.3 Å². The zero-order valence-electron chi connectivity index (χ0n) is 21.7. The van der Waals surface area contributed by atoms with E-state index >= 15 is 0 Å². The van der Waals surface area contributed by atoms with Gasteiger partial charge in [-0.2, -0.15) is 0 Å². The number of amides is 3. The molecule has 0 saturated carbocycles. The van der Waals surface area contributed by atoms with Crippen LogP contribution in [0.1, 0.15) is 13.8 Å². The van der Waals surface area contributed by atoms with Gasteiger partial charge in [0.2, 0.25) is 5.91 Å². The number of anilines is 2. The number of urea groups is 1. The van der Waals surface area contributed by atoms with Crippen molar-refractivity contribution in [3.8, 4) is 22.4 Å². The molecule has 4 aromatic rings. The first kappa shape index (κ1) is 26.1. The van der Waals surface area contributed by atoms with E-state index in [-0.39, 0.29) is 5.91 Å². The number of imidazole rings is 1. The fraction of sp³-hybridized carbons (Fsp3) is 0.286. The first-order valence-corrected chi connectivity index (χ1v) is 12.6. The molecule has 202 valence electrons. The molecule has 0 bridgehead atoms. The Labute approximate surface area is 224 Å². The van der Waals surface area contributed by atoms with Crippen molar-refractivity contribution in [2.24, 2.45) is 0 Å². The summed E-state index contributed by atoms with van der Waals surface area (Å²) in [7, 11) is 0. The molecular formula is C28H29F2N7O2. The number of benzene rings is 1. The van der Waals surface area contributed by atoms with Crippen molar-refractivity contribution in [3.63, 3.8) is 0 Å². The second-order valence-electron chi connectivity index (χ2n) is 9.64. The third kappa shape index (κ3) is 6.14. The number of hydrogen-bond donors (Lipinski definition) is 2. The standard InChI is InChI=1S/C28H29F2N7O2/c1-19(38)35-10-12-36(13-11-35)25-7-6-22(16-31-25)20-8-9-37-24(17-32-26(37)15-20)21-4-3-5-23(14-21)34-27(39)33-18-28(2,29)30/h3-9,14-17H,10-13,18H2,1-2H3,(H2,33,34,39). The molecule has 9 nitrogen and oxygen atoms in total. The van der Waals surface area contributed by atoms with Gasteiger partial charge < -0.3 is 20.4 Å². The molecule has 1 fully saturated rings. The number of aromatic nitrogens is 3. The van der Waals surface area contributed by atoms with Crippen LogP contribution in [0.2, 0.25) is 0 Å². The number of carbonyl (C=O) groups is 2. The minimum atomic E-state index is -2.99. The van der Waals surface area contributed by atoms with Gasteiger partial charge in [-0.05, 0) is 42.0 Å². The van der Waals surface area contributed by atoms with Crippen LogP contribution in [-0.2, 0) is 4.79 Å². The number of hydrogen-bond acceptors (Lipinski definition) is 5. The second-order valence-corrected chi connectivity index (χ2v) is 9.64. The summed E-state index contributed by atoms with van der Waals surface area (Å²) in [6.07, 6.45) is 5.52. The van der Waals surface area contributed by atoms with Gasteiger partial charge in [-0.3, -0.25) is 9.20 Å². The zero-order valence-corrected chi connectivity index (χ0v) is 21.7. The van der Waals surface area contributed by atoms with E-state index in [2.05, 4.69) is 25.5 Å². The highest BCUT2D eigenvalue weighted by Gasteiger charge is 2.22. The van der Waals surface area contributed by atoms with Crippen LogP contribution in [-0.4, -0.2) is 69.9 Å². The maximum Gasteiger partial charge on any atom is 0.319 e. The molecule has 11 heteroatoms. The number of alkyl halides is 2. The predicted octanol–water partition coefficient (Wildman–Crippen LogP) is 4.51. The van der Waals surface area contributed by atoms with Crippen LogP contribution in [0.25, 0.3) is 28.0 Å². The number of rotatable bonds is 6. The van der Waals surface area contributed by atoms with Crippen molar-refractivity contribution in [1.29, 1.82) is 0 Å². The van der Waals surface area contributed by atoms with Crippen molar-refractivity contribution in [2.75, 3.05) is 42.9 Å². The lowest BCUT2D eigenvalue weighted by Crippen LogP contribution is -2.48. The quantitative estimate of drug-likeness (QED) is 0.380. The number of nitrogens with zero attached hydrogens (tertiary/aromatic N) is 5. The third-order valence-corrected chi connectivity index (χ3v) is 6.62. The number of pyridine rings is 2. The third-order valence-electron chi connectivity index (χ3n) is 6.62. The number of piperazine rings is 1. The largest absolute Gasteiger partial charge is 0.353 e. The predicted molar refractivity (Wildman–Crippen MR) is 146 cm³/mol. The van der Waals surface area contributed by atoms with Gasteiger partial charge in [0.1, 0.15) is 11.5 Å². The molecule has 3 aromatic heterocycles. The van der Waals surface area contributed by atoms with Crippen LogP contribution in [0.3, 0.4) is 0 Å². The van der Waals surface area contributed by atoms with E-state index in [9.17, 15) is 18.4 Å². The van der Waals surface area contributed by atoms with Crippen molar-refractivity contribution >= 4 is 29.1 Å². The number of nitrogens with one attached hydrogen (secondary N) is 2. The smallest absolute Gasteiger partial charge is 0.319 e. The van der Waals surface area contributed by atoms with Gasteiger partial charge in [-0.25, -0.2) is 23.5 Å². The highest BCUT2D eigenvalue weighted by Crippen LogP contribution is 2.27. The number of fused-ring (bicyclic) bond motifs is 1. The molecule has 0 spiro atoms. The first-order valence-electron chi connectivity index (χ1n) is 12.6. The second kappa shape index (κ2) is 10.7. The molecule has 0 unspecified atom stereocenters. The van der Waals surface area contributed by atoms with E-state index < -0.39 is 18.5 Å². The molecule has 0 atom stereocenters. The Morgan fingerprint density at radius 3 is 2.44 bits per heavy atom. The number of halogens is 2. The van der Waals surface area contributed by atoms with Gasteiger partial charge in [0.05, 0.1) is 18.4 Å². The molecule has 5 rings (SSSR count). The van der Waals surface area contributed by atoms with Crippen LogP contribution in [0, 0.1) is 0 Å². The molecule has 3 amide bonds. The van der Waals surface area contributed by atoms with E-state index in [1.807, 2.05) is 52.0 Å². The van der Waals surface area contributed by atoms with Gasteiger partial charge in [-0.15, -0.1) is 0 Å². The fourth-order valence-corrected chi connectivity index (χ4v) is 4.54. The average Bonchev–Trinajstić information content (AvgIpc) is 3.35. The Kier molecular flexibility index (Phi) is 7.14. The maximum absolute atomic E-state index is 13.0. The van der Waals surface area contributed by atoms with Crippen molar-refractivity contribution in [1.82, 2.24) is 24.6 Å². The molecule has 0 aliphatic carbocycles. The Balaban J connectivity index is 1.29. The summed E-state index contributed by atoms with van der Waals surface area (Å²) in [5, 5.41) is 4.75. The Morgan fingerprint density at radius 1 is 0.949 bits per heavy atom. The van der Waals surface area contributed by atoms with Crippen LogP contribution in [0.15, 0.2) is 67.1 Å². The lowest BCUT2D eigenvalue weighted by molar-refractivity contribution is -0.129. The molecule has 39 heavy (non-hydrogen) atoms. The van der Waals surface area contributed by atoms with E-state index in [0.717, 1.165) is 53.9 Å². The molecule has 1 saturated heterocycles. The SMILES string of the molecule is CC(=O)N1CCN(c2ccc(-c3ccn4c(-c5cccc(NC(=O)NCC(C)(F)F)c5)cnc4c3)cn2)CC1. The molecule has 4 heterocycles. The molecule has 1 aromatic carbocycles. The summed E-state index contributed by atoms with van der Waals surface area (Å²) in [6.45, 7) is 4.50. The number of carbonyl (C=O) groups excluding carboxylic acids is 2. The van der Waals surface area contributed by atoms with Crippen molar-refractivity contribution in [2.45, 2.75) is 19.8 Å². The molecular weight excluding hydrogens is 504 g/mol. The Bertz CT molecular complexity index is 1490. The van der Waals surface area contributed by atoms with E-state index in [1.165, 1.54) is 0 Å². The van der Waals surface area contributed by atoms with Crippen molar-refractivity contribution in [3.05, 3.63) is 67.1 Å². The highest BCUT2D eigenvalue weighted by molar-refractivity contribution is 5.90. The van der Waals surface area contributed by atoms with Crippen LogP contribution in [0.4, 0.5) is 25.1 Å². The van der Waals surface area contributed by atoms with Crippen LogP contribution >= 0.6 is 0 Å². The van der Waals surface area contributed by atoms with Crippen LogP contribution in [0.5, 0.6) is 0 Å². The summed E-state index contributed by atoms with van der Waals surface area (Å²) >= 11 is 0. The summed E-state index contributed by atoms with van der Waals surface area (Å²) in [5.74, 6) is -2.00. The van der Waals surface area contributed by atoms with E-state index in [0.29, 0.717) is 18.8 Å². The van der Waals surface area contributed by atoms with Crippen molar-refractivity contribution < 1.29 is 18.4 Å². The van der Waals surface area contributed by atoms with Gasteiger partial charge >= 0.3 is 6.03 Å². The van der Waals surface area contributed by atoms with Gasteiger partial charge in [0.15, 0.2) is 0 Å². The van der Waals surface area contributed by atoms with E-state index in [4.69, 9.17) is 0 Å². The minimum Gasteiger partial charge on any atom is -0.353 e. The molecule has 2 N–H and O–H groups in total. The lowest BCUT2D eigenvalue weighted by Gasteiger charge is -2.34. The molecule has 1 aliphatic rings. The fourth-order valence-electron chi connectivity index (χ4n) is 4.54. The molecule has 0 radical (unpaired) electrons. The summed E-state index contributed by atoms with van der Waals surface area (Å²) < 4.78 is 28.0. The topological polar surface area (TPSA) is 94.9 Å². The summed E-state index contributed by atoms with van der Waals surface area (Å²) in [4.78, 5) is 36.8. The Morgan fingerprint density at radius 2 is 1.74 bits per heavy atom. The lowest BCUT2D eigenvalue weighted by atomic mass is 10.1. The summed E-state index contributed by atoms with van der Waals surface area (Å²) in [5.41, 5.74) is 4.78. The maximum atomic E-state index is 13.0. The average molecular weight is 534 g/mol. The Hall–Kier alpha value is -4.54. The monoisotopic (exact) mass is 533 g/mol. The minimum absolute atomic E-state index is 0.101. The summed E-state index contributed by atoms with van der Waals surface area (Å²) in [6, 6.07) is 14.4.